The maximum absolute atomic E-state index is 12.4. The number of ketones is 1. The number of benzene rings is 2. The van der Waals surface area contributed by atoms with Gasteiger partial charge in [0.25, 0.3) is 5.56 Å². The van der Waals surface area contributed by atoms with Crippen LogP contribution in [0.4, 0.5) is 0 Å². The van der Waals surface area contributed by atoms with Crippen molar-refractivity contribution < 1.29 is 4.79 Å². The first kappa shape index (κ1) is 19.2. The topological polar surface area (TPSA) is 56.9 Å². The summed E-state index contributed by atoms with van der Waals surface area (Å²) >= 11 is 1.53. The van der Waals surface area contributed by atoms with Gasteiger partial charge in [0.05, 0.1) is 21.9 Å². The smallest absolute Gasteiger partial charge is 0.274 e. The van der Waals surface area contributed by atoms with E-state index in [0.717, 1.165) is 27.4 Å². The maximum Gasteiger partial charge on any atom is 0.274 e. The number of aromatic nitrogens is 3. The van der Waals surface area contributed by atoms with E-state index >= 15 is 0 Å². The second-order valence-electron chi connectivity index (χ2n) is 6.90. The van der Waals surface area contributed by atoms with Crippen molar-refractivity contribution in [2.24, 2.45) is 14.1 Å². The van der Waals surface area contributed by atoms with Crippen LogP contribution in [0.1, 0.15) is 21.7 Å². The van der Waals surface area contributed by atoms with Crippen LogP contribution in [0.25, 0.3) is 10.8 Å². The fourth-order valence-corrected chi connectivity index (χ4v) is 4.30. The highest BCUT2D eigenvalue weighted by atomic mass is 32.2. The van der Waals surface area contributed by atoms with Crippen LogP contribution in [-0.2, 0) is 20.5 Å². The number of Topliss-reactive ketones (excluding diaryl/α,β-unsaturated/α-hetero) is 1. The third-order valence-corrected chi connectivity index (χ3v) is 6.12. The lowest BCUT2D eigenvalue weighted by molar-refractivity contribution is 0.102. The van der Waals surface area contributed by atoms with E-state index in [4.69, 9.17) is 0 Å². The Labute approximate surface area is 173 Å². The van der Waals surface area contributed by atoms with Crippen molar-refractivity contribution in [1.29, 1.82) is 0 Å². The SMILES string of the molecule is Cn1c(Cc2nn(C)c(=O)c3ccccc23)ccc1SCC(=O)c1ccccc1. The highest BCUT2D eigenvalue weighted by Crippen LogP contribution is 2.24. The monoisotopic (exact) mass is 403 g/mol. The molecule has 0 aliphatic heterocycles. The summed E-state index contributed by atoms with van der Waals surface area (Å²) in [5, 5.41) is 7.07. The van der Waals surface area contributed by atoms with Crippen LogP contribution in [0.3, 0.4) is 0 Å². The molecule has 0 saturated carbocycles. The number of hydrogen-bond donors (Lipinski definition) is 0. The predicted molar refractivity (Wildman–Crippen MR) is 117 cm³/mol. The molecular formula is C23H21N3O2S. The van der Waals surface area contributed by atoms with Crippen LogP contribution in [-0.4, -0.2) is 25.9 Å². The van der Waals surface area contributed by atoms with E-state index in [0.29, 0.717) is 17.6 Å². The average molecular weight is 404 g/mol. The van der Waals surface area contributed by atoms with Crippen molar-refractivity contribution in [3.05, 3.63) is 94.0 Å². The van der Waals surface area contributed by atoms with Crippen LogP contribution in [0.5, 0.6) is 0 Å². The molecule has 0 radical (unpaired) electrons. The van der Waals surface area contributed by atoms with Gasteiger partial charge >= 0.3 is 0 Å². The molecule has 0 aliphatic rings. The van der Waals surface area contributed by atoms with Gasteiger partial charge in [-0.25, -0.2) is 4.68 Å². The Morgan fingerprint density at radius 1 is 0.931 bits per heavy atom. The summed E-state index contributed by atoms with van der Waals surface area (Å²) in [6.45, 7) is 0. The van der Waals surface area contributed by atoms with E-state index in [1.54, 1.807) is 7.05 Å². The molecule has 0 saturated heterocycles. The number of aryl methyl sites for hydroxylation is 1. The van der Waals surface area contributed by atoms with Crippen molar-refractivity contribution >= 4 is 28.3 Å². The van der Waals surface area contributed by atoms with Crippen LogP contribution in [0, 0.1) is 0 Å². The summed E-state index contributed by atoms with van der Waals surface area (Å²) in [5.41, 5.74) is 2.58. The van der Waals surface area contributed by atoms with E-state index in [1.807, 2.05) is 67.7 Å². The summed E-state index contributed by atoms with van der Waals surface area (Å²) in [6, 6.07) is 21.0. The quantitative estimate of drug-likeness (QED) is 0.363. The molecule has 0 aliphatic carbocycles. The molecule has 5 nitrogen and oxygen atoms in total. The molecule has 0 unspecified atom stereocenters. The molecule has 6 heteroatoms. The Morgan fingerprint density at radius 3 is 2.38 bits per heavy atom. The summed E-state index contributed by atoms with van der Waals surface area (Å²) in [4.78, 5) is 24.7. The molecule has 4 rings (SSSR count). The number of nitrogens with zero attached hydrogens (tertiary/aromatic N) is 3. The predicted octanol–water partition coefficient (Wildman–Crippen LogP) is 3.84. The lowest BCUT2D eigenvalue weighted by Gasteiger charge is -2.10. The molecule has 29 heavy (non-hydrogen) atoms. The first-order valence-electron chi connectivity index (χ1n) is 9.35. The third kappa shape index (κ3) is 3.89. The number of hydrogen-bond acceptors (Lipinski definition) is 4. The molecule has 2 heterocycles. The van der Waals surface area contributed by atoms with E-state index in [-0.39, 0.29) is 11.3 Å². The Hall–Kier alpha value is -3.12. The number of thioether (sulfide) groups is 1. The van der Waals surface area contributed by atoms with Crippen molar-refractivity contribution in [3.8, 4) is 0 Å². The number of rotatable bonds is 6. The van der Waals surface area contributed by atoms with Crippen molar-refractivity contribution in [2.45, 2.75) is 11.4 Å². The molecule has 0 atom stereocenters. The fraction of sp³-hybridized carbons (Fsp3) is 0.174. The maximum atomic E-state index is 12.4. The molecule has 0 spiro atoms. The van der Waals surface area contributed by atoms with Gasteiger partial charge in [0.15, 0.2) is 5.78 Å². The second kappa shape index (κ2) is 8.09. The van der Waals surface area contributed by atoms with Gasteiger partial charge in [0, 0.05) is 37.2 Å². The largest absolute Gasteiger partial charge is 0.343 e. The van der Waals surface area contributed by atoms with Crippen LogP contribution in [0.15, 0.2) is 76.6 Å². The zero-order chi connectivity index (χ0) is 20.4. The normalized spacial score (nSPS) is 11.1. The lowest BCUT2D eigenvalue weighted by atomic mass is 10.1. The zero-order valence-electron chi connectivity index (χ0n) is 16.3. The third-order valence-electron chi connectivity index (χ3n) is 5.01. The number of carbonyl (C=O) groups is 1. The molecule has 2 aromatic heterocycles. The van der Waals surface area contributed by atoms with Crippen LogP contribution < -0.4 is 5.56 Å². The van der Waals surface area contributed by atoms with Crippen molar-refractivity contribution in [2.75, 3.05) is 5.75 Å². The van der Waals surface area contributed by atoms with E-state index < -0.39 is 0 Å². The van der Waals surface area contributed by atoms with Gasteiger partial charge in [-0.3, -0.25) is 9.59 Å². The molecule has 4 aromatic rings. The van der Waals surface area contributed by atoms with Crippen molar-refractivity contribution in [3.63, 3.8) is 0 Å². The molecule has 0 N–H and O–H groups in total. The Kier molecular flexibility index (Phi) is 5.36. The first-order chi connectivity index (χ1) is 14.0. The zero-order valence-corrected chi connectivity index (χ0v) is 17.1. The lowest BCUT2D eigenvalue weighted by Crippen LogP contribution is -2.21. The van der Waals surface area contributed by atoms with Gasteiger partial charge in [-0.05, 0) is 18.2 Å². The Balaban J connectivity index is 1.56. The van der Waals surface area contributed by atoms with Gasteiger partial charge in [-0.1, -0.05) is 48.5 Å². The molecule has 146 valence electrons. The second-order valence-corrected chi connectivity index (χ2v) is 7.89. The van der Waals surface area contributed by atoms with E-state index in [1.165, 1.54) is 16.4 Å². The molecule has 0 fully saturated rings. The summed E-state index contributed by atoms with van der Waals surface area (Å²) in [5.74, 6) is 0.506. The fourth-order valence-electron chi connectivity index (χ4n) is 3.38. The average Bonchev–Trinajstić information content (AvgIpc) is 3.10. The minimum Gasteiger partial charge on any atom is -0.343 e. The summed E-state index contributed by atoms with van der Waals surface area (Å²) in [6.07, 6.45) is 0.609. The van der Waals surface area contributed by atoms with Gasteiger partial charge in [0.1, 0.15) is 0 Å². The Bertz CT molecular complexity index is 1240. The van der Waals surface area contributed by atoms with Crippen molar-refractivity contribution in [1.82, 2.24) is 14.3 Å². The summed E-state index contributed by atoms with van der Waals surface area (Å²) in [7, 11) is 3.68. The number of carbonyl (C=O) groups excluding carboxylic acids is 1. The van der Waals surface area contributed by atoms with Gasteiger partial charge in [-0.2, -0.15) is 5.10 Å². The van der Waals surface area contributed by atoms with Gasteiger partial charge in [-0.15, -0.1) is 11.8 Å². The first-order valence-corrected chi connectivity index (χ1v) is 10.3. The Morgan fingerprint density at radius 2 is 1.62 bits per heavy atom. The van der Waals surface area contributed by atoms with Crippen LogP contribution >= 0.6 is 11.8 Å². The highest BCUT2D eigenvalue weighted by Gasteiger charge is 2.13. The number of fused-ring (bicyclic) bond motifs is 1. The molecule has 0 bridgehead atoms. The van der Waals surface area contributed by atoms with E-state index in [2.05, 4.69) is 15.7 Å². The minimum absolute atomic E-state index is 0.0908. The molecule has 2 aromatic carbocycles. The van der Waals surface area contributed by atoms with Gasteiger partial charge in [0.2, 0.25) is 0 Å². The standard InChI is InChI=1S/C23H21N3O2S/c1-25-17(12-13-22(25)29-15-21(27)16-8-4-3-5-9-16)14-20-18-10-6-7-11-19(18)23(28)26(2)24-20/h3-13H,14-15H2,1-2H3. The molecule has 0 amide bonds. The minimum atomic E-state index is -0.0908. The van der Waals surface area contributed by atoms with E-state index in [9.17, 15) is 9.59 Å². The van der Waals surface area contributed by atoms with Gasteiger partial charge < -0.3 is 4.57 Å². The highest BCUT2D eigenvalue weighted by molar-refractivity contribution is 8.00. The van der Waals surface area contributed by atoms with Crippen LogP contribution in [0.2, 0.25) is 0 Å². The summed E-state index contributed by atoms with van der Waals surface area (Å²) < 4.78 is 3.49. The molecular weight excluding hydrogens is 382 g/mol.